The van der Waals surface area contributed by atoms with Crippen molar-refractivity contribution in [2.75, 3.05) is 23.8 Å². The molecule has 1 aromatic heterocycles. The van der Waals surface area contributed by atoms with E-state index in [1.165, 1.54) is 0 Å². The number of aromatic nitrogens is 2. The van der Waals surface area contributed by atoms with Crippen molar-refractivity contribution in [1.29, 1.82) is 0 Å². The highest BCUT2D eigenvalue weighted by atomic mass is 16.6. The van der Waals surface area contributed by atoms with Crippen molar-refractivity contribution >= 4 is 17.4 Å². The molecule has 3 aromatic rings. The van der Waals surface area contributed by atoms with Crippen molar-refractivity contribution < 1.29 is 14.3 Å². The fraction of sp³-hybridized carbons (Fsp3) is 0.111. The first-order valence-electron chi connectivity index (χ1n) is 7.86. The van der Waals surface area contributed by atoms with Crippen molar-refractivity contribution in [2.45, 2.75) is 0 Å². The number of nitrogens with zero attached hydrogens (tertiary/aromatic N) is 2. The average molecular weight is 336 g/mol. The SMILES string of the molecule is O=C(Nc1ccc2c(c1)OCCO2)Nc1cnn(-c2ccccc2)c1. The summed E-state index contributed by atoms with van der Waals surface area (Å²) in [7, 11) is 0. The summed E-state index contributed by atoms with van der Waals surface area (Å²) in [5, 5.41) is 9.76. The van der Waals surface area contributed by atoms with Gasteiger partial charge in [-0.3, -0.25) is 0 Å². The van der Waals surface area contributed by atoms with E-state index in [1.54, 1.807) is 35.3 Å². The van der Waals surface area contributed by atoms with Crippen molar-refractivity contribution in [3.8, 4) is 17.2 Å². The van der Waals surface area contributed by atoms with Crippen molar-refractivity contribution in [3.05, 3.63) is 60.9 Å². The molecule has 0 saturated heterocycles. The fourth-order valence-corrected chi connectivity index (χ4v) is 2.52. The molecule has 2 N–H and O–H groups in total. The number of ether oxygens (including phenoxy) is 2. The van der Waals surface area contributed by atoms with Gasteiger partial charge in [0.1, 0.15) is 13.2 Å². The summed E-state index contributed by atoms with van der Waals surface area (Å²) in [6.45, 7) is 1.03. The van der Waals surface area contributed by atoms with E-state index in [4.69, 9.17) is 9.47 Å². The third-order valence-electron chi connectivity index (χ3n) is 3.66. The quantitative estimate of drug-likeness (QED) is 0.769. The Morgan fingerprint density at radius 3 is 2.56 bits per heavy atom. The lowest BCUT2D eigenvalue weighted by Crippen LogP contribution is -2.20. The Labute approximate surface area is 144 Å². The number of carbonyl (C=O) groups is 1. The van der Waals surface area contributed by atoms with Crippen molar-refractivity contribution in [2.24, 2.45) is 0 Å². The van der Waals surface area contributed by atoms with Crippen LogP contribution in [0.25, 0.3) is 5.69 Å². The van der Waals surface area contributed by atoms with Crippen LogP contribution in [0.15, 0.2) is 60.9 Å². The van der Waals surface area contributed by atoms with Gasteiger partial charge in [-0.25, -0.2) is 9.48 Å². The predicted molar refractivity (Wildman–Crippen MR) is 93.6 cm³/mol. The Morgan fingerprint density at radius 2 is 1.72 bits per heavy atom. The van der Waals surface area contributed by atoms with Crippen LogP contribution in [0.3, 0.4) is 0 Å². The van der Waals surface area contributed by atoms with Crippen LogP contribution >= 0.6 is 0 Å². The largest absolute Gasteiger partial charge is 0.486 e. The summed E-state index contributed by atoms with van der Waals surface area (Å²) in [5.41, 5.74) is 2.14. The Bertz CT molecular complexity index is 892. The van der Waals surface area contributed by atoms with E-state index in [9.17, 15) is 4.79 Å². The summed E-state index contributed by atoms with van der Waals surface area (Å²) >= 11 is 0. The molecule has 0 bridgehead atoms. The molecule has 1 aliphatic heterocycles. The highest BCUT2D eigenvalue weighted by Crippen LogP contribution is 2.32. The van der Waals surface area contributed by atoms with E-state index >= 15 is 0 Å². The standard InChI is InChI=1S/C18H16N4O3/c23-18(20-13-6-7-16-17(10-13)25-9-8-24-16)21-14-11-19-22(12-14)15-4-2-1-3-5-15/h1-7,10-12H,8-9H2,(H2,20,21,23). The topological polar surface area (TPSA) is 77.4 Å². The second-order valence-corrected chi connectivity index (χ2v) is 5.45. The maximum absolute atomic E-state index is 12.2. The summed E-state index contributed by atoms with van der Waals surface area (Å²) in [6.07, 6.45) is 3.34. The molecule has 2 aromatic carbocycles. The molecule has 7 heteroatoms. The van der Waals surface area contributed by atoms with Gasteiger partial charge in [0.15, 0.2) is 11.5 Å². The van der Waals surface area contributed by atoms with E-state index in [0.717, 1.165) is 5.69 Å². The number of anilines is 2. The Kier molecular flexibility index (Phi) is 3.96. The lowest BCUT2D eigenvalue weighted by molar-refractivity contribution is 0.171. The van der Waals surface area contributed by atoms with Gasteiger partial charge in [0.2, 0.25) is 0 Å². The van der Waals surface area contributed by atoms with E-state index in [0.29, 0.717) is 36.1 Å². The maximum Gasteiger partial charge on any atom is 0.323 e. The van der Waals surface area contributed by atoms with Crippen LogP contribution in [0.4, 0.5) is 16.2 Å². The molecule has 126 valence electrons. The third kappa shape index (κ3) is 3.40. The first kappa shape index (κ1) is 15.1. The van der Waals surface area contributed by atoms with Crippen LogP contribution in [-0.2, 0) is 0 Å². The van der Waals surface area contributed by atoms with Crippen LogP contribution < -0.4 is 20.1 Å². The zero-order valence-corrected chi connectivity index (χ0v) is 13.3. The van der Waals surface area contributed by atoms with Gasteiger partial charge >= 0.3 is 6.03 Å². The first-order chi connectivity index (χ1) is 12.3. The molecule has 0 unspecified atom stereocenters. The van der Waals surface area contributed by atoms with Crippen LogP contribution in [-0.4, -0.2) is 29.0 Å². The number of amides is 2. The molecule has 7 nitrogen and oxygen atoms in total. The number of benzene rings is 2. The molecule has 0 saturated carbocycles. The van der Waals surface area contributed by atoms with Crippen LogP contribution in [0.5, 0.6) is 11.5 Å². The maximum atomic E-state index is 12.2. The molecule has 0 radical (unpaired) electrons. The Hall–Kier alpha value is -3.48. The van der Waals surface area contributed by atoms with E-state index in [-0.39, 0.29) is 6.03 Å². The highest BCUT2D eigenvalue weighted by Gasteiger charge is 2.13. The van der Waals surface area contributed by atoms with Crippen molar-refractivity contribution in [3.63, 3.8) is 0 Å². The van der Waals surface area contributed by atoms with Gasteiger partial charge in [0.25, 0.3) is 0 Å². The van der Waals surface area contributed by atoms with Gasteiger partial charge in [-0.1, -0.05) is 18.2 Å². The molecule has 0 spiro atoms. The number of urea groups is 1. The molecule has 25 heavy (non-hydrogen) atoms. The van der Waals surface area contributed by atoms with E-state index in [2.05, 4.69) is 15.7 Å². The number of hydrogen-bond donors (Lipinski definition) is 2. The molecular weight excluding hydrogens is 320 g/mol. The minimum absolute atomic E-state index is 0.357. The molecule has 2 heterocycles. The van der Waals surface area contributed by atoms with Gasteiger partial charge in [-0.2, -0.15) is 5.10 Å². The Morgan fingerprint density at radius 1 is 0.960 bits per heavy atom. The van der Waals surface area contributed by atoms with Gasteiger partial charge in [0.05, 0.1) is 23.8 Å². The van der Waals surface area contributed by atoms with Gasteiger partial charge in [-0.05, 0) is 24.3 Å². The third-order valence-corrected chi connectivity index (χ3v) is 3.66. The molecular formula is C18H16N4O3. The van der Waals surface area contributed by atoms with Gasteiger partial charge in [-0.15, -0.1) is 0 Å². The second kappa shape index (κ2) is 6.56. The molecule has 4 rings (SSSR count). The average Bonchev–Trinajstić information content (AvgIpc) is 3.10. The summed E-state index contributed by atoms with van der Waals surface area (Å²) in [4.78, 5) is 12.2. The van der Waals surface area contributed by atoms with Crippen LogP contribution in [0, 0.1) is 0 Å². The van der Waals surface area contributed by atoms with Gasteiger partial charge < -0.3 is 20.1 Å². The smallest absolute Gasteiger partial charge is 0.323 e. The normalized spacial score (nSPS) is 12.5. The van der Waals surface area contributed by atoms with Crippen LogP contribution in [0.2, 0.25) is 0 Å². The number of nitrogens with one attached hydrogen (secondary N) is 2. The monoisotopic (exact) mass is 336 g/mol. The van der Waals surface area contributed by atoms with E-state index in [1.807, 2.05) is 30.3 Å². The predicted octanol–water partition coefficient (Wildman–Crippen LogP) is 3.29. The number of hydrogen-bond acceptors (Lipinski definition) is 4. The van der Waals surface area contributed by atoms with Crippen LogP contribution in [0.1, 0.15) is 0 Å². The number of carbonyl (C=O) groups excluding carboxylic acids is 1. The van der Waals surface area contributed by atoms with Gasteiger partial charge in [0, 0.05) is 11.8 Å². The molecule has 0 atom stereocenters. The number of para-hydroxylation sites is 1. The second-order valence-electron chi connectivity index (χ2n) is 5.45. The van der Waals surface area contributed by atoms with E-state index < -0.39 is 0 Å². The summed E-state index contributed by atoms with van der Waals surface area (Å²) in [6, 6.07) is 14.6. The zero-order chi connectivity index (χ0) is 17.1. The minimum atomic E-state index is -0.357. The fourth-order valence-electron chi connectivity index (χ4n) is 2.52. The highest BCUT2D eigenvalue weighted by molar-refractivity contribution is 5.99. The lowest BCUT2D eigenvalue weighted by Gasteiger charge is -2.19. The van der Waals surface area contributed by atoms with Crippen molar-refractivity contribution in [1.82, 2.24) is 9.78 Å². The molecule has 2 amide bonds. The first-order valence-corrected chi connectivity index (χ1v) is 7.86. The minimum Gasteiger partial charge on any atom is -0.486 e. The molecule has 1 aliphatic rings. The zero-order valence-electron chi connectivity index (χ0n) is 13.3. The molecule has 0 fully saturated rings. The Balaban J connectivity index is 1.42. The summed E-state index contributed by atoms with van der Waals surface area (Å²) < 4.78 is 12.7. The lowest BCUT2D eigenvalue weighted by atomic mass is 10.2. The number of rotatable bonds is 3. The number of fused-ring (bicyclic) bond motifs is 1. The summed E-state index contributed by atoms with van der Waals surface area (Å²) in [5.74, 6) is 1.31. The molecule has 0 aliphatic carbocycles.